The van der Waals surface area contributed by atoms with Crippen LogP contribution in [0.3, 0.4) is 0 Å². The number of nitro groups is 1. The summed E-state index contributed by atoms with van der Waals surface area (Å²) < 4.78 is 0. The Balaban J connectivity index is 3.13. The lowest BCUT2D eigenvalue weighted by Gasteiger charge is -2.15. The van der Waals surface area contributed by atoms with E-state index in [1.807, 2.05) is 6.92 Å². The molecule has 0 spiro atoms. The van der Waals surface area contributed by atoms with E-state index in [9.17, 15) is 14.9 Å². The molecule has 1 aromatic rings. The molecule has 0 aliphatic heterocycles. The van der Waals surface area contributed by atoms with Gasteiger partial charge in [-0.2, -0.15) is 0 Å². The predicted molar refractivity (Wildman–Crippen MR) is 70.9 cm³/mol. The molecule has 0 aromatic heterocycles. The number of carbonyl (C=O) groups excluding carboxylic acids is 1. The van der Waals surface area contributed by atoms with Crippen LogP contribution < -0.4 is 11.1 Å². The average Bonchev–Trinajstić information content (AvgIpc) is 2.37. The molecule has 7 nitrogen and oxygen atoms in total. The van der Waals surface area contributed by atoms with Crippen LogP contribution in [-0.4, -0.2) is 28.6 Å². The topological polar surface area (TPSA) is 118 Å². The molecular weight excluding hydrogens is 250 g/mol. The highest BCUT2D eigenvalue weighted by Crippen LogP contribution is 2.27. The summed E-state index contributed by atoms with van der Waals surface area (Å²) in [4.78, 5) is 22.2. The summed E-state index contributed by atoms with van der Waals surface area (Å²) in [7, 11) is 0. The Morgan fingerprint density at radius 1 is 1.58 bits per heavy atom. The Hall–Kier alpha value is -2.15. The van der Waals surface area contributed by atoms with Crippen LogP contribution in [0.2, 0.25) is 0 Å². The van der Waals surface area contributed by atoms with Crippen LogP contribution in [0.4, 0.5) is 11.4 Å². The fourth-order valence-electron chi connectivity index (χ4n) is 1.66. The van der Waals surface area contributed by atoms with Crippen molar-refractivity contribution in [2.45, 2.75) is 26.3 Å². The first kappa shape index (κ1) is 14.9. The number of carbonyl (C=O) groups is 1. The zero-order valence-corrected chi connectivity index (χ0v) is 10.8. The SMILES string of the molecule is CCC(CO)NC(=O)c1cc(C)cc([N+](=O)[O-])c1N. The van der Waals surface area contributed by atoms with E-state index < -0.39 is 16.9 Å². The lowest BCUT2D eigenvalue weighted by Crippen LogP contribution is -2.37. The number of nitro benzene ring substituents is 1. The van der Waals surface area contributed by atoms with Crippen LogP contribution >= 0.6 is 0 Å². The summed E-state index contributed by atoms with van der Waals surface area (Å²) in [5, 5.41) is 22.4. The van der Waals surface area contributed by atoms with Crippen LogP contribution in [0.15, 0.2) is 12.1 Å². The Morgan fingerprint density at radius 3 is 2.68 bits per heavy atom. The number of nitrogens with two attached hydrogens (primary N) is 1. The van der Waals surface area contributed by atoms with E-state index in [-0.39, 0.29) is 23.5 Å². The van der Waals surface area contributed by atoms with Gasteiger partial charge in [-0.25, -0.2) is 0 Å². The van der Waals surface area contributed by atoms with E-state index in [4.69, 9.17) is 10.8 Å². The van der Waals surface area contributed by atoms with Gasteiger partial charge in [0.05, 0.1) is 23.1 Å². The van der Waals surface area contributed by atoms with Gasteiger partial charge in [0.25, 0.3) is 11.6 Å². The summed E-state index contributed by atoms with van der Waals surface area (Å²) in [6, 6.07) is 2.41. The molecule has 1 aromatic carbocycles. The molecule has 0 fully saturated rings. The number of hydrogen-bond acceptors (Lipinski definition) is 5. The Labute approximate surface area is 110 Å². The molecule has 0 radical (unpaired) electrons. The number of aryl methyl sites for hydroxylation is 1. The maximum atomic E-state index is 12.0. The van der Waals surface area contributed by atoms with Gasteiger partial charge in [0.15, 0.2) is 0 Å². The number of nitrogens with one attached hydrogen (secondary N) is 1. The van der Waals surface area contributed by atoms with Gasteiger partial charge in [-0.1, -0.05) is 6.92 Å². The molecule has 0 aliphatic rings. The highest BCUT2D eigenvalue weighted by molar-refractivity contribution is 6.01. The summed E-state index contributed by atoms with van der Waals surface area (Å²) in [5.41, 5.74) is 5.82. The minimum Gasteiger partial charge on any atom is -0.394 e. The van der Waals surface area contributed by atoms with Crippen molar-refractivity contribution in [1.29, 1.82) is 0 Å². The number of nitrogens with zero attached hydrogens (tertiary/aromatic N) is 1. The molecule has 19 heavy (non-hydrogen) atoms. The molecule has 0 saturated carbocycles. The van der Waals surface area contributed by atoms with Crippen LogP contribution in [-0.2, 0) is 0 Å². The van der Waals surface area contributed by atoms with Crippen molar-refractivity contribution >= 4 is 17.3 Å². The predicted octanol–water partition coefficient (Wildman–Crippen LogP) is 0.986. The monoisotopic (exact) mass is 267 g/mol. The number of aliphatic hydroxyl groups is 1. The molecule has 0 heterocycles. The van der Waals surface area contributed by atoms with Gasteiger partial charge in [-0.15, -0.1) is 0 Å². The van der Waals surface area contributed by atoms with Gasteiger partial charge in [-0.3, -0.25) is 14.9 Å². The Bertz CT molecular complexity index is 498. The number of aliphatic hydroxyl groups excluding tert-OH is 1. The molecule has 0 bridgehead atoms. The number of rotatable bonds is 5. The van der Waals surface area contributed by atoms with Crippen molar-refractivity contribution in [1.82, 2.24) is 5.32 Å². The molecule has 7 heteroatoms. The van der Waals surface area contributed by atoms with E-state index >= 15 is 0 Å². The van der Waals surface area contributed by atoms with Crippen molar-refractivity contribution < 1.29 is 14.8 Å². The average molecular weight is 267 g/mol. The molecule has 0 aliphatic carbocycles. The minimum absolute atomic E-state index is 0.0543. The summed E-state index contributed by atoms with van der Waals surface area (Å²) >= 11 is 0. The van der Waals surface area contributed by atoms with Gasteiger partial charge in [-0.05, 0) is 25.0 Å². The number of benzene rings is 1. The second-order valence-corrected chi connectivity index (χ2v) is 4.26. The first-order valence-electron chi connectivity index (χ1n) is 5.86. The summed E-state index contributed by atoms with van der Waals surface area (Å²) in [6.45, 7) is 3.26. The van der Waals surface area contributed by atoms with Crippen molar-refractivity contribution in [2.24, 2.45) is 0 Å². The third kappa shape index (κ3) is 3.41. The van der Waals surface area contributed by atoms with E-state index in [1.165, 1.54) is 12.1 Å². The first-order valence-corrected chi connectivity index (χ1v) is 5.86. The normalized spacial score (nSPS) is 11.9. The van der Waals surface area contributed by atoms with Crippen LogP contribution in [0.25, 0.3) is 0 Å². The highest BCUT2D eigenvalue weighted by atomic mass is 16.6. The van der Waals surface area contributed by atoms with Crippen molar-refractivity contribution in [3.05, 3.63) is 33.4 Å². The maximum absolute atomic E-state index is 12.0. The first-order chi connectivity index (χ1) is 8.90. The fraction of sp³-hybridized carbons (Fsp3) is 0.417. The van der Waals surface area contributed by atoms with Crippen LogP contribution in [0.1, 0.15) is 29.3 Å². The second kappa shape index (κ2) is 6.14. The largest absolute Gasteiger partial charge is 0.394 e. The molecule has 1 unspecified atom stereocenters. The highest BCUT2D eigenvalue weighted by Gasteiger charge is 2.21. The molecular formula is C12H17N3O4. The van der Waals surface area contributed by atoms with E-state index in [2.05, 4.69) is 5.32 Å². The van der Waals surface area contributed by atoms with Crippen molar-refractivity contribution in [3.63, 3.8) is 0 Å². The van der Waals surface area contributed by atoms with Gasteiger partial charge in [0.2, 0.25) is 0 Å². The number of hydrogen-bond donors (Lipinski definition) is 3. The summed E-state index contributed by atoms with van der Waals surface area (Å²) in [6.07, 6.45) is 0.552. The molecule has 1 rings (SSSR count). The van der Waals surface area contributed by atoms with E-state index in [0.29, 0.717) is 12.0 Å². The standard InChI is InChI=1S/C12H17N3O4/c1-3-8(6-16)14-12(17)9-4-7(2)5-10(11(9)13)15(18)19/h4-5,8,16H,3,6,13H2,1-2H3,(H,14,17). The molecule has 0 saturated heterocycles. The van der Waals surface area contributed by atoms with Crippen molar-refractivity contribution in [3.8, 4) is 0 Å². The van der Waals surface area contributed by atoms with E-state index in [1.54, 1.807) is 6.92 Å². The fourth-order valence-corrected chi connectivity index (χ4v) is 1.66. The number of nitrogen functional groups attached to an aromatic ring is 1. The van der Waals surface area contributed by atoms with Gasteiger partial charge in [0.1, 0.15) is 5.69 Å². The van der Waals surface area contributed by atoms with Gasteiger partial charge < -0.3 is 16.2 Å². The number of anilines is 1. The third-order valence-electron chi connectivity index (χ3n) is 2.79. The molecule has 104 valence electrons. The Morgan fingerprint density at radius 2 is 2.21 bits per heavy atom. The summed E-state index contributed by atoms with van der Waals surface area (Å²) in [5.74, 6) is -0.523. The van der Waals surface area contributed by atoms with Crippen molar-refractivity contribution in [2.75, 3.05) is 12.3 Å². The van der Waals surface area contributed by atoms with Crippen LogP contribution in [0, 0.1) is 17.0 Å². The quantitative estimate of drug-likeness (QED) is 0.417. The maximum Gasteiger partial charge on any atom is 0.293 e. The zero-order valence-electron chi connectivity index (χ0n) is 10.8. The third-order valence-corrected chi connectivity index (χ3v) is 2.79. The van der Waals surface area contributed by atoms with Gasteiger partial charge in [0, 0.05) is 6.07 Å². The number of amides is 1. The lowest BCUT2D eigenvalue weighted by molar-refractivity contribution is -0.384. The Kier molecular flexibility index (Phi) is 4.82. The van der Waals surface area contributed by atoms with Gasteiger partial charge >= 0.3 is 0 Å². The molecule has 4 N–H and O–H groups in total. The zero-order chi connectivity index (χ0) is 14.6. The van der Waals surface area contributed by atoms with E-state index in [0.717, 1.165) is 0 Å². The molecule has 1 amide bonds. The second-order valence-electron chi connectivity index (χ2n) is 4.26. The van der Waals surface area contributed by atoms with Crippen LogP contribution in [0.5, 0.6) is 0 Å². The molecule has 1 atom stereocenters. The smallest absolute Gasteiger partial charge is 0.293 e. The lowest BCUT2D eigenvalue weighted by atomic mass is 10.1. The minimum atomic E-state index is -0.623.